The predicted molar refractivity (Wildman–Crippen MR) is 128 cm³/mol. The molecule has 4 aromatic rings. The maximum atomic E-state index is 16.1. The molecule has 0 spiro atoms. The fourth-order valence-corrected chi connectivity index (χ4v) is 4.70. The minimum absolute atomic E-state index is 0.0105. The Morgan fingerprint density at radius 3 is 2.53 bits per heavy atom. The lowest BCUT2D eigenvalue weighted by atomic mass is 9.94. The third-order valence-corrected chi connectivity index (χ3v) is 6.32. The zero-order valence-electron chi connectivity index (χ0n) is 19.5. The van der Waals surface area contributed by atoms with Gasteiger partial charge in [-0.2, -0.15) is 0 Å². The molecule has 1 fully saturated rings. The summed E-state index contributed by atoms with van der Waals surface area (Å²) in [6, 6.07) is 5.86. The van der Waals surface area contributed by atoms with E-state index in [1.54, 1.807) is 13.0 Å². The number of aromatic hydroxyl groups is 1. The number of hydrogen-bond acceptors (Lipinski definition) is 6. The van der Waals surface area contributed by atoms with Gasteiger partial charge in [0.2, 0.25) is 0 Å². The van der Waals surface area contributed by atoms with Crippen molar-refractivity contribution in [3.05, 3.63) is 53.5 Å². The van der Waals surface area contributed by atoms with Gasteiger partial charge in [-0.25, -0.2) is 18.7 Å². The Kier molecular flexibility index (Phi) is 5.16. The van der Waals surface area contributed by atoms with Crippen molar-refractivity contribution in [3.8, 4) is 17.0 Å². The quantitative estimate of drug-likeness (QED) is 0.438. The number of phenols is 1. The number of fused-ring (bicyclic) bond motifs is 2. The highest BCUT2D eigenvalue weighted by molar-refractivity contribution is 6.01. The molecule has 1 saturated heterocycles. The number of aromatic nitrogens is 3. The number of nitrogens with zero attached hydrogens (tertiary/aromatic N) is 4. The Morgan fingerprint density at radius 2 is 1.88 bits per heavy atom. The number of anilines is 1. The van der Waals surface area contributed by atoms with Crippen LogP contribution in [0.2, 0.25) is 0 Å². The summed E-state index contributed by atoms with van der Waals surface area (Å²) in [7, 11) is 0. The van der Waals surface area contributed by atoms with E-state index in [1.807, 2.05) is 25.7 Å². The molecule has 0 saturated carbocycles. The van der Waals surface area contributed by atoms with Gasteiger partial charge in [0.25, 0.3) is 0 Å². The van der Waals surface area contributed by atoms with Crippen molar-refractivity contribution < 1.29 is 19.0 Å². The van der Waals surface area contributed by atoms with Gasteiger partial charge in [0.05, 0.1) is 11.0 Å². The van der Waals surface area contributed by atoms with Gasteiger partial charge in [-0.3, -0.25) is 4.98 Å². The van der Waals surface area contributed by atoms with Gasteiger partial charge in [-0.05, 0) is 47.9 Å². The standard InChI is InChI=1S/C26H26F2N4O2/c1-5-16-19(27)7-6-14-8-15(33)9-17(20(14)16)22-21(28)23-18(10-29-22)25(31-24(30-23)13(2)3)32-11-26(4,34)12-32/h6-10,13,33-34H,5,11-12H2,1-4H3. The molecule has 6 nitrogen and oxygen atoms in total. The van der Waals surface area contributed by atoms with Crippen molar-refractivity contribution >= 4 is 27.5 Å². The molecule has 0 unspecified atom stereocenters. The van der Waals surface area contributed by atoms with Crippen molar-refractivity contribution in [2.75, 3.05) is 18.0 Å². The van der Waals surface area contributed by atoms with Crippen molar-refractivity contribution in [1.82, 2.24) is 15.0 Å². The van der Waals surface area contributed by atoms with E-state index in [1.165, 1.54) is 24.4 Å². The van der Waals surface area contributed by atoms with Gasteiger partial charge in [0.1, 0.15) is 34.4 Å². The fourth-order valence-electron chi connectivity index (χ4n) is 4.70. The predicted octanol–water partition coefficient (Wildman–Crippen LogP) is 5.09. The lowest BCUT2D eigenvalue weighted by molar-refractivity contribution is 0.0307. The zero-order chi connectivity index (χ0) is 24.4. The molecule has 2 aromatic heterocycles. The average Bonchev–Trinajstić information content (AvgIpc) is 2.77. The van der Waals surface area contributed by atoms with Crippen LogP contribution in [0.5, 0.6) is 5.75 Å². The zero-order valence-corrected chi connectivity index (χ0v) is 19.5. The van der Waals surface area contributed by atoms with Gasteiger partial charge in [-0.15, -0.1) is 0 Å². The second-order valence-corrected chi connectivity index (χ2v) is 9.57. The summed E-state index contributed by atoms with van der Waals surface area (Å²) >= 11 is 0. The van der Waals surface area contributed by atoms with E-state index in [0.29, 0.717) is 58.4 Å². The van der Waals surface area contributed by atoms with Crippen LogP contribution >= 0.6 is 0 Å². The third-order valence-electron chi connectivity index (χ3n) is 6.32. The molecule has 0 atom stereocenters. The molecule has 0 bridgehead atoms. The lowest BCUT2D eigenvalue weighted by Gasteiger charge is -2.45. The first-order valence-corrected chi connectivity index (χ1v) is 11.4. The van der Waals surface area contributed by atoms with Gasteiger partial charge >= 0.3 is 0 Å². The number of pyridine rings is 1. The number of aryl methyl sites for hydroxylation is 1. The number of rotatable bonds is 4. The highest BCUT2D eigenvalue weighted by Crippen LogP contribution is 2.39. The van der Waals surface area contributed by atoms with Crippen LogP contribution in [0, 0.1) is 11.6 Å². The number of phenolic OH excluding ortho intramolecular Hbond substituents is 1. The van der Waals surface area contributed by atoms with Crippen LogP contribution in [-0.2, 0) is 6.42 Å². The van der Waals surface area contributed by atoms with Crippen LogP contribution < -0.4 is 4.90 Å². The summed E-state index contributed by atoms with van der Waals surface area (Å²) in [5.74, 6) is -0.159. The number of β-amino-alcohol motifs (C(OH)–C–C–N with tert-alkyl or cyclic N) is 1. The van der Waals surface area contributed by atoms with Crippen LogP contribution in [-0.4, -0.2) is 43.9 Å². The molecule has 2 aromatic carbocycles. The molecule has 1 aliphatic heterocycles. The first-order chi connectivity index (χ1) is 16.1. The second-order valence-electron chi connectivity index (χ2n) is 9.57. The Bertz CT molecular complexity index is 1440. The van der Waals surface area contributed by atoms with E-state index in [4.69, 9.17) is 0 Å². The SMILES string of the molecule is CCc1c(F)ccc2cc(O)cc(-c3ncc4c(N5CC(C)(O)C5)nc(C(C)C)nc4c3F)c12. The van der Waals surface area contributed by atoms with Gasteiger partial charge in [-0.1, -0.05) is 26.8 Å². The Labute approximate surface area is 195 Å². The summed E-state index contributed by atoms with van der Waals surface area (Å²) in [6.07, 6.45) is 1.91. The first-order valence-electron chi connectivity index (χ1n) is 11.4. The van der Waals surface area contributed by atoms with Crippen molar-refractivity contribution in [1.29, 1.82) is 0 Å². The minimum atomic E-state index is -0.831. The highest BCUT2D eigenvalue weighted by Gasteiger charge is 2.38. The normalized spacial score (nSPS) is 15.4. The largest absolute Gasteiger partial charge is 0.508 e. The fraction of sp³-hybridized carbons (Fsp3) is 0.346. The van der Waals surface area contributed by atoms with Gasteiger partial charge in [0, 0.05) is 30.8 Å². The molecular weight excluding hydrogens is 438 g/mol. The molecule has 0 aliphatic carbocycles. The molecule has 0 amide bonds. The van der Waals surface area contributed by atoms with Crippen LogP contribution in [0.3, 0.4) is 0 Å². The van der Waals surface area contributed by atoms with E-state index in [9.17, 15) is 14.6 Å². The molecule has 34 heavy (non-hydrogen) atoms. The highest BCUT2D eigenvalue weighted by atomic mass is 19.1. The second kappa shape index (κ2) is 7.84. The third kappa shape index (κ3) is 3.53. The first kappa shape index (κ1) is 22.4. The summed E-state index contributed by atoms with van der Waals surface area (Å²) in [5, 5.41) is 22.1. The minimum Gasteiger partial charge on any atom is -0.508 e. The van der Waals surface area contributed by atoms with Crippen LogP contribution in [0.15, 0.2) is 30.5 Å². The number of halogens is 2. The Hall–Kier alpha value is -3.39. The van der Waals surface area contributed by atoms with E-state index in [0.717, 1.165) is 0 Å². The van der Waals surface area contributed by atoms with Crippen molar-refractivity contribution in [3.63, 3.8) is 0 Å². The van der Waals surface area contributed by atoms with E-state index in [2.05, 4.69) is 15.0 Å². The summed E-state index contributed by atoms with van der Waals surface area (Å²) < 4.78 is 30.8. The molecule has 2 N–H and O–H groups in total. The van der Waals surface area contributed by atoms with E-state index in [-0.39, 0.29) is 28.7 Å². The maximum absolute atomic E-state index is 16.1. The van der Waals surface area contributed by atoms with E-state index >= 15 is 4.39 Å². The van der Waals surface area contributed by atoms with Crippen LogP contribution in [0.4, 0.5) is 14.6 Å². The number of aliphatic hydroxyl groups is 1. The van der Waals surface area contributed by atoms with Crippen LogP contribution in [0.1, 0.15) is 45.0 Å². The van der Waals surface area contributed by atoms with Gasteiger partial charge < -0.3 is 15.1 Å². The maximum Gasteiger partial charge on any atom is 0.175 e. The Balaban J connectivity index is 1.80. The molecule has 0 radical (unpaired) electrons. The summed E-state index contributed by atoms with van der Waals surface area (Å²) in [4.78, 5) is 15.4. The van der Waals surface area contributed by atoms with Crippen molar-refractivity contribution in [2.24, 2.45) is 0 Å². The van der Waals surface area contributed by atoms with Crippen LogP contribution in [0.25, 0.3) is 32.9 Å². The smallest absolute Gasteiger partial charge is 0.175 e. The lowest BCUT2D eigenvalue weighted by Crippen LogP contribution is -2.60. The molecule has 5 rings (SSSR count). The van der Waals surface area contributed by atoms with Crippen molar-refractivity contribution in [2.45, 2.75) is 45.6 Å². The molecular formula is C26H26F2N4O2. The average molecular weight is 465 g/mol. The molecule has 8 heteroatoms. The monoisotopic (exact) mass is 464 g/mol. The topological polar surface area (TPSA) is 82.4 Å². The Morgan fingerprint density at radius 1 is 1.15 bits per heavy atom. The molecule has 3 heterocycles. The molecule has 1 aliphatic rings. The molecule has 176 valence electrons. The summed E-state index contributed by atoms with van der Waals surface area (Å²) in [6.45, 7) is 8.17. The number of benzene rings is 2. The van der Waals surface area contributed by atoms with E-state index < -0.39 is 11.4 Å². The summed E-state index contributed by atoms with van der Waals surface area (Å²) in [5.41, 5.74) is 0.00838. The number of hydrogen-bond donors (Lipinski definition) is 2. The van der Waals surface area contributed by atoms with Gasteiger partial charge in [0.15, 0.2) is 5.82 Å².